The molecule has 0 aliphatic heterocycles. The molecule has 0 atom stereocenters. The highest BCUT2D eigenvalue weighted by atomic mass is 16.5. The Bertz CT molecular complexity index is 324. The van der Waals surface area contributed by atoms with Crippen LogP contribution in [0.1, 0.15) is 25.8 Å². The molecule has 0 bridgehead atoms. The van der Waals surface area contributed by atoms with Crippen molar-refractivity contribution in [2.24, 2.45) is 11.7 Å². The fourth-order valence-corrected chi connectivity index (χ4v) is 1.45. The molecule has 16 heavy (non-hydrogen) atoms. The molecule has 0 heterocycles. The molecule has 3 nitrogen and oxygen atoms in total. The molecule has 0 spiro atoms. The zero-order chi connectivity index (χ0) is 12.0. The Labute approximate surface area is 97.8 Å². The number of benzene rings is 1. The highest BCUT2D eigenvalue weighted by Gasteiger charge is 2.03. The van der Waals surface area contributed by atoms with Crippen molar-refractivity contribution >= 4 is 5.69 Å². The van der Waals surface area contributed by atoms with Crippen LogP contribution in [0.25, 0.3) is 0 Å². The molecule has 0 aliphatic rings. The second kappa shape index (κ2) is 6.38. The van der Waals surface area contributed by atoms with E-state index < -0.39 is 0 Å². The number of nitrogens with two attached hydrogens (primary N) is 2. The van der Waals surface area contributed by atoms with Crippen molar-refractivity contribution in [2.45, 2.75) is 26.7 Å². The van der Waals surface area contributed by atoms with Crippen LogP contribution in [0, 0.1) is 5.92 Å². The lowest BCUT2D eigenvalue weighted by molar-refractivity contribution is 0.272. The molecule has 1 aromatic rings. The maximum atomic E-state index is 5.92. The molecule has 90 valence electrons. The molecule has 1 rings (SSSR count). The van der Waals surface area contributed by atoms with E-state index in [-0.39, 0.29) is 0 Å². The summed E-state index contributed by atoms with van der Waals surface area (Å²) in [5.74, 6) is 1.29. The fourth-order valence-electron chi connectivity index (χ4n) is 1.45. The zero-order valence-electron chi connectivity index (χ0n) is 10.2. The number of ether oxygens (including phenoxy) is 1. The van der Waals surface area contributed by atoms with Crippen LogP contribution in [0.5, 0.6) is 5.75 Å². The van der Waals surface area contributed by atoms with Gasteiger partial charge in [-0.05, 0) is 43.0 Å². The van der Waals surface area contributed by atoms with E-state index in [4.69, 9.17) is 16.2 Å². The number of aryl methyl sites for hydroxylation is 1. The predicted octanol–water partition coefficient (Wildman–Crippen LogP) is 2.19. The number of hydrogen-bond acceptors (Lipinski definition) is 3. The minimum absolute atomic E-state index is 0.510. The maximum absolute atomic E-state index is 5.92. The molecular formula is C13H22N2O. The minimum atomic E-state index is 0.510. The summed E-state index contributed by atoms with van der Waals surface area (Å²) in [7, 11) is 0. The van der Waals surface area contributed by atoms with Gasteiger partial charge in [-0.1, -0.05) is 19.9 Å². The van der Waals surface area contributed by atoms with Gasteiger partial charge in [0.1, 0.15) is 5.75 Å². The molecule has 3 heteroatoms. The summed E-state index contributed by atoms with van der Waals surface area (Å²) < 4.78 is 5.61. The summed E-state index contributed by atoms with van der Waals surface area (Å²) in [6.45, 7) is 5.65. The van der Waals surface area contributed by atoms with Crippen molar-refractivity contribution < 1.29 is 4.74 Å². The van der Waals surface area contributed by atoms with Crippen molar-refractivity contribution in [3.8, 4) is 5.75 Å². The third-order valence-electron chi connectivity index (χ3n) is 2.32. The van der Waals surface area contributed by atoms with Gasteiger partial charge in [0.25, 0.3) is 0 Å². The van der Waals surface area contributed by atoms with Gasteiger partial charge in [0, 0.05) is 0 Å². The molecule has 1 aromatic carbocycles. The first-order valence-electron chi connectivity index (χ1n) is 5.84. The third-order valence-corrected chi connectivity index (χ3v) is 2.32. The monoisotopic (exact) mass is 222 g/mol. The Morgan fingerprint density at radius 2 is 2.06 bits per heavy atom. The summed E-state index contributed by atoms with van der Waals surface area (Å²) >= 11 is 0. The van der Waals surface area contributed by atoms with E-state index in [0.29, 0.717) is 19.1 Å². The van der Waals surface area contributed by atoms with Gasteiger partial charge in [0.2, 0.25) is 0 Å². The maximum Gasteiger partial charge on any atom is 0.142 e. The highest BCUT2D eigenvalue weighted by Crippen LogP contribution is 2.23. The van der Waals surface area contributed by atoms with Gasteiger partial charge in [0.15, 0.2) is 0 Å². The fraction of sp³-hybridized carbons (Fsp3) is 0.538. The standard InChI is InChI=1S/C13H22N2O/c1-10(2)9-16-13-6-5-11(4-3-7-14)8-12(13)15/h5-6,8,10H,3-4,7,9,14-15H2,1-2H3. The molecule has 4 N–H and O–H groups in total. The van der Waals surface area contributed by atoms with Crippen LogP contribution in [0.3, 0.4) is 0 Å². The van der Waals surface area contributed by atoms with Crippen LogP contribution in [-0.4, -0.2) is 13.2 Å². The van der Waals surface area contributed by atoms with Crippen molar-refractivity contribution in [2.75, 3.05) is 18.9 Å². The van der Waals surface area contributed by atoms with E-state index in [2.05, 4.69) is 19.9 Å². The summed E-state index contributed by atoms with van der Waals surface area (Å²) in [6.07, 6.45) is 1.97. The molecule has 0 unspecified atom stereocenters. The predicted molar refractivity (Wildman–Crippen MR) is 68.6 cm³/mol. The summed E-state index contributed by atoms with van der Waals surface area (Å²) in [4.78, 5) is 0. The van der Waals surface area contributed by atoms with Gasteiger partial charge in [-0.2, -0.15) is 0 Å². The minimum Gasteiger partial charge on any atom is -0.491 e. The van der Waals surface area contributed by atoms with Crippen LogP contribution >= 0.6 is 0 Å². The van der Waals surface area contributed by atoms with Crippen LogP contribution in [-0.2, 0) is 6.42 Å². The van der Waals surface area contributed by atoms with Gasteiger partial charge < -0.3 is 16.2 Å². The molecule has 0 aromatic heterocycles. The van der Waals surface area contributed by atoms with Gasteiger partial charge >= 0.3 is 0 Å². The Morgan fingerprint density at radius 1 is 1.31 bits per heavy atom. The van der Waals surface area contributed by atoms with Crippen LogP contribution in [0.4, 0.5) is 5.69 Å². The quantitative estimate of drug-likeness (QED) is 0.725. The second-order valence-corrected chi connectivity index (χ2v) is 4.47. The zero-order valence-corrected chi connectivity index (χ0v) is 10.2. The number of anilines is 1. The molecule has 0 saturated carbocycles. The first-order chi connectivity index (χ1) is 7.63. The Hall–Kier alpha value is -1.22. The molecule has 0 aliphatic carbocycles. The Kier molecular flexibility index (Phi) is 5.12. The van der Waals surface area contributed by atoms with Crippen LogP contribution in [0.15, 0.2) is 18.2 Å². The second-order valence-electron chi connectivity index (χ2n) is 4.47. The molecular weight excluding hydrogens is 200 g/mol. The topological polar surface area (TPSA) is 61.3 Å². The van der Waals surface area contributed by atoms with Gasteiger partial charge in [-0.25, -0.2) is 0 Å². The largest absolute Gasteiger partial charge is 0.491 e. The van der Waals surface area contributed by atoms with Gasteiger partial charge in [-0.15, -0.1) is 0 Å². The number of nitrogen functional groups attached to an aromatic ring is 1. The molecule has 0 radical (unpaired) electrons. The van der Waals surface area contributed by atoms with Crippen molar-refractivity contribution in [3.63, 3.8) is 0 Å². The smallest absolute Gasteiger partial charge is 0.142 e. The van der Waals surface area contributed by atoms with E-state index in [1.165, 1.54) is 5.56 Å². The van der Waals surface area contributed by atoms with Crippen molar-refractivity contribution in [1.29, 1.82) is 0 Å². The average Bonchev–Trinajstić information content (AvgIpc) is 2.24. The first-order valence-corrected chi connectivity index (χ1v) is 5.84. The van der Waals surface area contributed by atoms with E-state index in [0.717, 1.165) is 24.3 Å². The summed E-state index contributed by atoms with van der Waals surface area (Å²) in [6, 6.07) is 5.98. The molecule has 0 amide bonds. The average molecular weight is 222 g/mol. The first kappa shape index (κ1) is 12.8. The lowest BCUT2D eigenvalue weighted by Crippen LogP contribution is -2.06. The molecule has 0 saturated heterocycles. The third kappa shape index (κ3) is 4.11. The number of hydrogen-bond donors (Lipinski definition) is 2. The Morgan fingerprint density at radius 3 is 2.62 bits per heavy atom. The van der Waals surface area contributed by atoms with Gasteiger partial charge in [-0.3, -0.25) is 0 Å². The highest BCUT2D eigenvalue weighted by molar-refractivity contribution is 5.54. The Balaban J connectivity index is 2.60. The normalized spacial score (nSPS) is 10.8. The van der Waals surface area contributed by atoms with Crippen molar-refractivity contribution in [3.05, 3.63) is 23.8 Å². The molecule has 0 fully saturated rings. The van der Waals surface area contributed by atoms with Crippen molar-refractivity contribution in [1.82, 2.24) is 0 Å². The van der Waals surface area contributed by atoms with E-state index in [1.807, 2.05) is 12.1 Å². The van der Waals surface area contributed by atoms with Gasteiger partial charge in [0.05, 0.1) is 12.3 Å². The van der Waals surface area contributed by atoms with Crippen LogP contribution in [0.2, 0.25) is 0 Å². The summed E-state index contributed by atoms with van der Waals surface area (Å²) in [5, 5.41) is 0. The lowest BCUT2D eigenvalue weighted by Gasteiger charge is -2.12. The lowest BCUT2D eigenvalue weighted by atomic mass is 10.1. The van der Waals surface area contributed by atoms with Crippen LogP contribution < -0.4 is 16.2 Å². The summed E-state index contributed by atoms with van der Waals surface area (Å²) in [5.41, 5.74) is 13.3. The SMILES string of the molecule is CC(C)COc1ccc(CCCN)cc1N. The van der Waals surface area contributed by atoms with E-state index in [1.54, 1.807) is 0 Å². The number of rotatable bonds is 6. The van der Waals surface area contributed by atoms with E-state index in [9.17, 15) is 0 Å². The van der Waals surface area contributed by atoms with E-state index >= 15 is 0 Å².